The van der Waals surface area contributed by atoms with Gasteiger partial charge in [-0.2, -0.15) is 0 Å². The number of phenolic OH excluding ortho intramolecular Hbond substituents is 1. The molecule has 1 heterocycles. The molecule has 1 fully saturated rings. The van der Waals surface area contributed by atoms with Crippen LogP contribution in [0.15, 0.2) is 18.2 Å². The number of amides is 1. The SMILES string of the molecule is CCN1CC(NC2CCCc3c(O)cccc32)CC1=O. The van der Waals surface area contributed by atoms with Gasteiger partial charge in [-0.15, -0.1) is 0 Å². The number of nitrogens with one attached hydrogen (secondary N) is 1. The summed E-state index contributed by atoms with van der Waals surface area (Å²) in [5.74, 6) is 0.656. The van der Waals surface area contributed by atoms with Crippen LogP contribution < -0.4 is 5.32 Å². The molecular formula is C16H22N2O2. The minimum Gasteiger partial charge on any atom is -0.508 e. The lowest BCUT2D eigenvalue weighted by Crippen LogP contribution is -2.36. The number of phenols is 1. The Hall–Kier alpha value is -1.55. The van der Waals surface area contributed by atoms with Gasteiger partial charge in [-0.05, 0) is 43.4 Å². The van der Waals surface area contributed by atoms with E-state index in [1.54, 1.807) is 6.07 Å². The monoisotopic (exact) mass is 274 g/mol. The first-order valence-electron chi connectivity index (χ1n) is 7.53. The smallest absolute Gasteiger partial charge is 0.224 e. The molecule has 0 spiro atoms. The number of carbonyl (C=O) groups excluding carboxylic acids is 1. The van der Waals surface area contributed by atoms with Crippen LogP contribution in [0.3, 0.4) is 0 Å². The molecule has 1 aromatic carbocycles. The predicted molar refractivity (Wildman–Crippen MR) is 77.6 cm³/mol. The van der Waals surface area contributed by atoms with E-state index in [2.05, 4.69) is 11.4 Å². The van der Waals surface area contributed by atoms with E-state index in [1.807, 2.05) is 17.9 Å². The number of fused-ring (bicyclic) bond motifs is 1. The zero-order valence-electron chi connectivity index (χ0n) is 11.9. The molecule has 4 heteroatoms. The minimum atomic E-state index is 0.237. The van der Waals surface area contributed by atoms with Crippen molar-refractivity contribution in [1.29, 1.82) is 0 Å². The number of rotatable bonds is 3. The molecule has 1 amide bonds. The van der Waals surface area contributed by atoms with E-state index in [-0.39, 0.29) is 18.0 Å². The van der Waals surface area contributed by atoms with Gasteiger partial charge in [0.1, 0.15) is 5.75 Å². The number of aromatic hydroxyl groups is 1. The van der Waals surface area contributed by atoms with Gasteiger partial charge in [-0.3, -0.25) is 4.79 Å². The first kappa shape index (κ1) is 13.4. The van der Waals surface area contributed by atoms with Crippen LogP contribution in [0.2, 0.25) is 0 Å². The fourth-order valence-corrected chi connectivity index (χ4v) is 3.48. The van der Waals surface area contributed by atoms with E-state index in [0.29, 0.717) is 12.2 Å². The summed E-state index contributed by atoms with van der Waals surface area (Å²) in [5, 5.41) is 13.6. The lowest BCUT2D eigenvalue weighted by molar-refractivity contribution is -0.127. The fraction of sp³-hybridized carbons (Fsp3) is 0.562. The summed E-state index contributed by atoms with van der Waals surface area (Å²) in [7, 11) is 0. The molecule has 108 valence electrons. The minimum absolute atomic E-state index is 0.237. The Labute approximate surface area is 119 Å². The highest BCUT2D eigenvalue weighted by Crippen LogP contribution is 2.35. The number of likely N-dealkylation sites (N-methyl/N-ethyl adjacent to an activating group) is 1. The molecular weight excluding hydrogens is 252 g/mol. The number of hydrogen-bond acceptors (Lipinski definition) is 3. The van der Waals surface area contributed by atoms with Gasteiger partial charge in [-0.25, -0.2) is 0 Å². The Morgan fingerprint density at radius 3 is 3.05 bits per heavy atom. The van der Waals surface area contributed by atoms with Crippen LogP contribution in [-0.2, 0) is 11.2 Å². The van der Waals surface area contributed by atoms with Gasteiger partial charge in [0.15, 0.2) is 0 Å². The van der Waals surface area contributed by atoms with Crippen LogP contribution >= 0.6 is 0 Å². The van der Waals surface area contributed by atoms with Crippen molar-refractivity contribution in [2.45, 2.75) is 44.7 Å². The molecule has 3 rings (SSSR count). The highest BCUT2D eigenvalue weighted by atomic mass is 16.3. The molecule has 0 saturated carbocycles. The lowest BCUT2D eigenvalue weighted by Gasteiger charge is -2.29. The van der Waals surface area contributed by atoms with E-state index >= 15 is 0 Å². The van der Waals surface area contributed by atoms with Gasteiger partial charge in [0, 0.05) is 31.6 Å². The van der Waals surface area contributed by atoms with Crippen LogP contribution in [-0.4, -0.2) is 35.0 Å². The average Bonchev–Trinajstić information content (AvgIpc) is 2.80. The molecule has 1 aliphatic heterocycles. The molecule has 0 aromatic heterocycles. The van der Waals surface area contributed by atoms with E-state index < -0.39 is 0 Å². The molecule has 1 aromatic rings. The molecule has 2 aliphatic rings. The molecule has 4 nitrogen and oxygen atoms in total. The maximum absolute atomic E-state index is 11.8. The highest BCUT2D eigenvalue weighted by molar-refractivity contribution is 5.79. The van der Waals surface area contributed by atoms with Crippen LogP contribution in [0, 0.1) is 0 Å². The van der Waals surface area contributed by atoms with Crippen molar-refractivity contribution < 1.29 is 9.90 Å². The Kier molecular flexibility index (Phi) is 3.66. The Bertz CT molecular complexity index is 515. The van der Waals surface area contributed by atoms with Crippen molar-refractivity contribution >= 4 is 5.91 Å². The van der Waals surface area contributed by atoms with Crippen molar-refractivity contribution in [2.24, 2.45) is 0 Å². The summed E-state index contributed by atoms with van der Waals surface area (Å²) in [6.45, 7) is 3.62. The quantitative estimate of drug-likeness (QED) is 0.886. The number of benzene rings is 1. The molecule has 0 bridgehead atoms. The Morgan fingerprint density at radius 1 is 1.45 bits per heavy atom. The number of likely N-dealkylation sites (tertiary alicyclic amines) is 1. The molecule has 2 atom stereocenters. The largest absolute Gasteiger partial charge is 0.508 e. The second-order valence-electron chi connectivity index (χ2n) is 5.79. The van der Waals surface area contributed by atoms with Crippen molar-refractivity contribution in [3.8, 4) is 5.75 Å². The van der Waals surface area contributed by atoms with Gasteiger partial charge in [0.25, 0.3) is 0 Å². The van der Waals surface area contributed by atoms with Gasteiger partial charge < -0.3 is 15.3 Å². The van der Waals surface area contributed by atoms with Crippen molar-refractivity contribution in [3.63, 3.8) is 0 Å². The summed E-state index contributed by atoms with van der Waals surface area (Å²) < 4.78 is 0. The summed E-state index contributed by atoms with van der Waals surface area (Å²) in [5.41, 5.74) is 2.28. The number of hydrogen-bond donors (Lipinski definition) is 2. The van der Waals surface area contributed by atoms with Crippen molar-refractivity contribution in [2.75, 3.05) is 13.1 Å². The van der Waals surface area contributed by atoms with Crippen molar-refractivity contribution in [1.82, 2.24) is 10.2 Å². The van der Waals surface area contributed by atoms with E-state index in [0.717, 1.165) is 37.9 Å². The second-order valence-corrected chi connectivity index (χ2v) is 5.79. The van der Waals surface area contributed by atoms with Gasteiger partial charge >= 0.3 is 0 Å². The molecule has 1 saturated heterocycles. The van der Waals surface area contributed by atoms with Crippen molar-refractivity contribution in [3.05, 3.63) is 29.3 Å². The maximum Gasteiger partial charge on any atom is 0.224 e. The standard InChI is InChI=1S/C16H22N2O2/c1-2-18-10-11(9-16(18)20)17-14-7-3-6-13-12(14)5-4-8-15(13)19/h4-5,8,11,14,17,19H,2-3,6-7,9-10H2,1H3. The number of nitrogens with zero attached hydrogens (tertiary/aromatic N) is 1. The highest BCUT2D eigenvalue weighted by Gasteiger charge is 2.31. The third-order valence-corrected chi connectivity index (χ3v) is 4.52. The molecule has 20 heavy (non-hydrogen) atoms. The summed E-state index contributed by atoms with van der Waals surface area (Å²) >= 11 is 0. The van der Waals surface area contributed by atoms with Gasteiger partial charge in [0.05, 0.1) is 0 Å². The summed E-state index contributed by atoms with van der Waals surface area (Å²) in [6.07, 6.45) is 3.71. The normalized spacial score (nSPS) is 25.9. The zero-order chi connectivity index (χ0) is 14.1. The average molecular weight is 274 g/mol. The van der Waals surface area contributed by atoms with E-state index in [4.69, 9.17) is 0 Å². The first-order valence-corrected chi connectivity index (χ1v) is 7.53. The Morgan fingerprint density at radius 2 is 2.30 bits per heavy atom. The third kappa shape index (κ3) is 2.40. The Balaban J connectivity index is 1.74. The molecule has 0 radical (unpaired) electrons. The van der Waals surface area contributed by atoms with Gasteiger partial charge in [-0.1, -0.05) is 12.1 Å². The van der Waals surface area contributed by atoms with Crippen LogP contribution in [0.25, 0.3) is 0 Å². The zero-order valence-corrected chi connectivity index (χ0v) is 11.9. The predicted octanol–water partition coefficient (Wildman–Crippen LogP) is 1.98. The van der Waals surface area contributed by atoms with Crippen LogP contribution in [0.5, 0.6) is 5.75 Å². The lowest BCUT2D eigenvalue weighted by atomic mass is 9.86. The molecule has 2 unspecified atom stereocenters. The van der Waals surface area contributed by atoms with E-state index in [9.17, 15) is 9.90 Å². The van der Waals surface area contributed by atoms with E-state index in [1.165, 1.54) is 5.56 Å². The second kappa shape index (κ2) is 5.44. The first-order chi connectivity index (χ1) is 9.69. The van der Waals surface area contributed by atoms with Gasteiger partial charge in [0.2, 0.25) is 5.91 Å². The third-order valence-electron chi connectivity index (χ3n) is 4.52. The van der Waals surface area contributed by atoms with Crippen LogP contribution in [0.4, 0.5) is 0 Å². The summed E-state index contributed by atoms with van der Waals surface area (Å²) in [4.78, 5) is 13.7. The topological polar surface area (TPSA) is 52.6 Å². The molecule has 2 N–H and O–H groups in total. The maximum atomic E-state index is 11.8. The summed E-state index contributed by atoms with van der Waals surface area (Å²) in [6, 6.07) is 6.27. The number of carbonyl (C=O) groups is 1. The van der Waals surface area contributed by atoms with Crippen LogP contribution in [0.1, 0.15) is 43.4 Å². The fourth-order valence-electron chi connectivity index (χ4n) is 3.48. The molecule has 1 aliphatic carbocycles.